The number of nitriles is 1. The second kappa shape index (κ2) is 9.23. The number of carbonyl (C=O) groups is 3. The molecule has 182 valence electrons. The molecule has 0 radical (unpaired) electrons. The Bertz CT molecular complexity index is 1050. The third-order valence-corrected chi connectivity index (χ3v) is 7.97. The number of hydrogen-bond donors (Lipinski definition) is 3. The minimum absolute atomic E-state index is 0.0245. The Balaban J connectivity index is 1.44. The minimum Gasteiger partial charge on any atom is -0.374 e. The summed E-state index contributed by atoms with van der Waals surface area (Å²) >= 11 is 12.1. The van der Waals surface area contributed by atoms with Gasteiger partial charge in [0, 0.05) is 19.0 Å². The van der Waals surface area contributed by atoms with Crippen molar-refractivity contribution in [1.29, 1.82) is 5.26 Å². The van der Waals surface area contributed by atoms with E-state index >= 15 is 0 Å². The third-order valence-electron chi connectivity index (χ3n) is 7.38. The lowest BCUT2D eigenvalue weighted by atomic mass is 9.97. The van der Waals surface area contributed by atoms with Gasteiger partial charge in [-0.1, -0.05) is 37.0 Å². The summed E-state index contributed by atoms with van der Waals surface area (Å²) < 4.78 is 13.4. The van der Waals surface area contributed by atoms with E-state index in [1.165, 1.54) is 4.90 Å². The Morgan fingerprint density at radius 1 is 1.35 bits per heavy atom. The van der Waals surface area contributed by atoms with Crippen LogP contribution in [-0.4, -0.2) is 54.3 Å². The zero-order chi connectivity index (χ0) is 24.8. The molecule has 2 aliphatic heterocycles. The van der Waals surface area contributed by atoms with E-state index in [-0.39, 0.29) is 63.7 Å². The van der Waals surface area contributed by atoms with Gasteiger partial charge in [-0.3, -0.25) is 14.4 Å². The highest BCUT2D eigenvalue weighted by Crippen LogP contribution is 2.64. The molecule has 2 heterocycles. The Kier molecular flexibility index (Phi) is 6.67. The largest absolute Gasteiger partial charge is 0.374 e. The zero-order valence-electron chi connectivity index (χ0n) is 18.8. The summed E-state index contributed by atoms with van der Waals surface area (Å²) in [6.07, 6.45) is 0.855. The number of nitrogens with zero attached hydrogens (tertiary/aromatic N) is 2. The lowest BCUT2D eigenvalue weighted by Gasteiger charge is -2.31. The van der Waals surface area contributed by atoms with Gasteiger partial charge in [0.15, 0.2) is 0 Å². The van der Waals surface area contributed by atoms with Crippen LogP contribution in [0.1, 0.15) is 26.7 Å². The first kappa shape index (κ1) is 24.6. The van der Waals surface area contributed by atoms with Crippen LogP contribution in [-0.2, 0) is 14.4 Å². The Morgan fingerprint density at radius 3 is 2.62 bits per heavy atom. The number of likely N-dealkylation sites (tertiary alicyclic amines) is 1. The van der Waals surface area contributed by atoms with Crippen LogP contribution in [0.15, 0.2) is 12.1 Å². The number of hydrogen-bond acceptors (Lipinski definition) is 5. The van der Waals surface area contributed by atoms with Crippen molar-refractivity contribution >= 4 is 46.6 Å². The Morgan fingerprint density at radius 2 is 2.03 bits per heavy atom. The zero-order valence-corrected chi connectivity index (χ0v) is 20.3. The van der Waals surface area contributed by atoms with E-state index in [2.05, 4.69) is 35.9 Å². The molecule has 2 saturated heterocycles. The molecule has 3 N–H and O–H groups in total. The van der Waals surface area contributed by atoms with Crippen molar-refractivity contribution in [3.63, 3.8) is 0 Å². The normalized spacial score (nSPS) is 27.4. The molecular weight excluding hydrogens is 484 g/mol. The summed E-state index contributed by atoms with van der Waals surface area (Å²) in [4.78, 5) is 39.7. The number of fused-ring (bicyclic) bond motifs is 1. The van der Waals surface area contributed by atoms with Crippen LogP contribution in [0, 0.1) is 40.3 Å². The van der Waals surface area contributed by atoms with Gasteiger partial charge >= 0.3 is 0 Å². The first-order valence-electron chi connectivity index (χ1n) is 11.2. The molecule has 0 spiro atoms. The fraction of sp³-hybridized carbons (Fsp3) is 0.565. The number of carbonyl (C=O) groups excluding carboxylic acids is 3. The number of benzene rings is 1. The fourth-order valence-corrected chi connectivity index (χ4v) is 5.97. The second-order valence-corrected chi connectivity index (χ2v) is 10.6. The van der Waals surface area contributed by atoms with Gasteiger partial charge in [-0.15, -0.1) is 0 Å². The number of halogens is 3. The first-order valence-corrected chi connectivity index (χ1v) is 12.0. The predicted molar refractivity (Wildman–Crippen MR) is 124 cm³/mol. The molecule has 1 aromatic carbocycles. The average Bonchev–Trinajstić information content (AvgIpc) is 3.11. The van der Waals surface area contributed by atoms with E-state index in [0.717, 1.165) is 12.1 Å². The fourth-order valence-electron chi connectivity index (χ4n) is 5.38. The van der Waals surface area contributed by atoms with E-state index < -0.39 is 23.8 Å². The van der Waals surface area contributed by atoms with Gasteiger partial charge in [0.25, 0.3) is 0 Å². The molecule has 4 rings (SSSR count). The Hall–Kier alpha value is -2.57. The standard InChI is InChI=1S/C23H26Cl2FN5O3/c1-23(2)14-10-31(17(32)9-29-19-15(24)6-12(26)7-16(19)25)20(18(14)23)22(34)30-13(8-27)5-11-3-4-28-21(11)33/h6-7,11,13-14,18,20,29H,3-5,9-10H2,1-2H3,(H,28,33)(H,30,34)/t11-,13?,14-,18-,20-/m0/s1. The molecule has 3 fully saturated rings. The summed E-state index contributed by atoms with van der Waals surface area (Å²) in [6, 6.07) is 2.72. The van der Waals surface area contributed by atoms with E-state index in [9.17, 15) is 24.0 Å². The number of nitrogens with one attached hydrogen (secondary N) is 3. The van der Waals surface area contributed by atoms with Crippen molar-refractivity contribution in [2.75, 3.05) is 25.0 Å². The van der Waals surface area contributed by atoms with Gasteiger partial charge in [0.1, 0.15) is 17.9 Å². The first-order chi connectivity index (χ1) is 16.0. The summed E-state index contributed by atoms with van der Waals surface area (Å²) in [5, 5.41) is 18.0. The third kappa shape index (κ3) is 4.53. The van der Waals surface area contributed by atoms with E-state index in [0.29, 0.717) is 19.5 Å². The topological polar surface area (TPSA) is 114 Å². The summed E-state index contributed by atoms with van der Waals surface area (Å²) in [5.41, 5.74) is 0.145. The highest BCUT2D eigenvalue weighted by molar-refractivity contribution is 6.39. The quantitative estimate of drug-likeness (QED) is 0.522. The predicted octanol–water partition coefficient (Wildman–Crippen LogP) is 2.56. The average molecular weight is 510 g/mol. The number of piperidine rings is 1. The molecule has 1 aromatic rings. The number of amides is 3. The van der Waals surface area contributed by atoms with Crippen molar-refractivity contribution < 1.29 is 18.8 Å². The van der Waals surface area contributed by atoms with Crippen LogP contribution in [0.25, 0.3) is 0 Å². The van der Waals surface area contributed by atoms with E-state index in [4.69, 9.17) is 23.2 Å². The molecule has 0 bridgehead atoms. The van der Waals surface area contributed by atoms with Crippen molar-refractivity contribution in [2.24, 2.45) is 23.2 Å². The summed E-state index contributed by atoms with van der Waals surface area (Å²) in [7, 11) is 0. The van der Waals surface area contributed by atoms with E-state index in [1.807, 2.05) is 0 Å². The number of anilines is 1. The van der Waals surface area contributed by atoms with Crippen LogP contribution in [0.5, 0.6) is 0 Å². The van der Waals surface area contributed by atoms with Crippen LogP contribution < -0.4 is 16.0 Å². The second-order valence-electron chi connectivity index (χ2n) is 9.75. The molecule has 11 heteroatoms. The van der Waals surface area contributed by atoms with Gasteiger partial charge in [0.2, 0.25) is 17.7 Å². The van der Waals surface area contributed by atoms with E-state index in [1.54, 1.807) is 0 Å². The lowest BCUT2D eigenvalue weighted by molar-refractivity contribution is -0.139. The Labute approximate surface area is 207 Å². The number of rotatable bonds is 7. The summed E-state index contributed by atoms with van der Waals surface area (Å²) in [6.45, 7) is 4.92. The molecule has 3 aliphatic rings. The molecule has 8 nitrogen and oxygen atoms in total. The molecule has 34 heavy (non-hydrogen) atoms. The van der Waals surface area contributed by atoms with Gasteiger partial charge in [-0.2, -0.15) is 5.26 Å². The van der Waals surface area contributed by atoms with Crippen LogP contribution in [0.2, 0.25) is 10.0 Å². The van der Waals surface area contributed by atoms with Crippen molar-refractivity contribution in [3.05, 3.63) is 28.0 Å². The molecule has 1 unspecified atom stereocenters. The van der Waals surface area contributed by atoms with Crippen molar-refractivity contribution in [3.8, 4) is 6.07 Å². The van der Waals surface area contributed by atoms with Crippen LogP contribution in [0.3, 0.4) is 0 Å². The van der Waals surface area contributed by atoms with Crippen LogP contribution in [0.4, 0.5) is 10.1 Å². The molecule has 5 atom stereocenters. The highest BCUT2D eigenvalue weighted by Gasteiger charge is 2.69. The van der Waals surface area contributed by atoms with Crippen molar-refractivity contribution in [2.45, 2.75) is 38.8 Å². The lowest BCUT2D eigenvalue weighted by Crippen LogP contribution is -2.53. The van der Waals surface area contributed by atoms with Crippen molar-refractivity contribution in [1.82, 2.24) is 15.5 Å². The smallest absolute Gasteiger partial charge is 0.244 e. The molecule has 0 aromatic heterocycles. The van der Waals surface area contributed by atoms with Gasteiger partial charge in [-0.05, 0) is 42.2 Å². The maximum absolute atomic E-state index is 13.4. The maximum atomic E-state index is 13.4. The molecule has 1 saturated carbocycles. The summed E-state index contributed by atoms with van der Waals surface area (Å²) in [5.74, 6) is -1.59. The maximum Gasteiger partial charge on any atom is 0.244 e. The van der Waals surface area contributed by atoms with Gasteiger partial charge in [-0.25, -0.2) is 4.39 Å². The monoisotopic (exact) mass is 509 g/mol. The SMILES string of the molecule is CC1(C)[C@@H]2[C@@H](C(=O)NC(C#N)C[C@@H]3CCNC3=O)N(C(=O)CNc3c(Cl)cc(F)cc3Cl)C[C@@H]21. The molecular formula is C23H26Cl2FN5O3. The van der Waals surface area contributed by atoms with Crippen LogP contribution >= 0.6 is 23.2 Å². The minimum atomic E-state index is -0.825. The highest BCUT2D eigenvalue weighted by atomic mass is 35.5. The van der Waals surface area contributed by atoms with Gasteiger partial charge in [0.05, 0.1) is 28.3 Å². The molecule has 1 aliphatic carbocycles. The molecule has 3 amide bonds. The van der Waals surface area contributed by atoms with Gasteiger partial charge < -0.3 is 20.9 Å².